The van der Waals surface area contributed by atoms with E-state index in [-0.39, 0.29) is 5.91 Å². The molecule has 6 nitrogen and oxygen atoms in total. The summed E-state index contributed by atoms with van der Waals surface area (Å²) in [5.41, 5.74) is 1.65. The Hall–Kier alpha value is -1.69. The maximum absolute atomic E-state index is 12.9. The first-order chi connectivity index (χ1) is 12.3. The number of hydrogen-bond acceptors (Lipinski definition) is 5. The van der Waals surface area contributed by atoms with Crippen LogP contribution in [-0.4, -0.2) is 53.1 Å². The van der Waals surface area contributed by atoms with Crippen LogP contribution in [-0.2, 0) is 4.74 Å². The van der Waals surface area contributed by atoms with Gasteiger partial charge in [0, 0.05) is 31.2 Å². The summed E-state index contributed by atoms with van der Waals surface area (Å²) in [6, 6.07) is 0.520. The van der Waals surface area contributed by atoms with Gasteiger partial charge >= 0.3 is 0 Å². The molecule has 0 radical (unpaired) electrons. The fourth-order valence-electron chi connectivity index (χ4n) is 4.82. The number of morpholine rings is 1. The molecule has 6 heteroatoms. The fraction of sp³-hybridized carbons (Fsp3) is 0.737. The molecule has 2 bridgehead atoms. The molecular formula is C19H26N4O2. The lowest BCUT2D eigenvalue weighted by Gasteiger charge is -2.27. The van der Waals surface area contributed by atoms with Gasteiger partial charge in [-0.3, -0.25) is 4.79 Å². The van der Waals surface area contributed by atoms with Crippen LogP contribution in [0.4, 0.5) is 5.95 Å². The average molecular weight is 342 g/mol. The van der Waals surface area contributed by atoms with Gasteiger partial charge in [0.05, 0.1) is 24.5 Å². The molecule has 1 amide bonds. The van der Waals surface area contributed by atoms with E-state index in [0.29, 0.717) is 43.8 Å². The van der Waals surface area contributed by atoms with Crippen LogP contribution in [0.3, 0.4) is 0 Å². The Morgan fingerprint density at radius 2 is 2.00 bits per heavy atom. The summed E-state index contributed by atoms with van der Waals surface area (Å²) in [6.45, 7) is 2.56. The summed E-state index contributed by atoms with van der Waals surface area (Å²) in [7, 11) is 0. The molecular weight excluding hydrogens is 316 g/mol. The Balaban J connectivity index is 1.36. The van der Waals surface area contributed by atoms with Gasteiger partial charge in [0.15, 0.2) is 0 Å². The van der Waals surface area contributed by atoms with E-state index < -0.39 is 0 Å². The molecule has 0 aromatic carbocycles. The van der Waals surface area contributed by atoms with Crippen molar-refractivity contribution >= 4 is 11.9 Å². The molecule has 3 aliphatic carbocycles. The molecule has 0 spiro atoms. The molecule has 1 aromatic rings. The average Bonchev–Trinajstić information content (AvgIpc) is 3.30. The second kappa shape index (κ2) is 6.24. The highest BCUT2D eigenvalue weighted by molar-refractivity contribution is 5.95. The van der Waals surface area contributed by atoms with Crippen LogP contribution < -0.4 is 5.32 Å². The zero-order chi connectivity index (χ0) is 16.8. The molecule has 1 saturated heterocycles. The van der Waals surface area contributed by atoms with Crippen molar-refractivity contribution in [2.24, 2.45) is 11.8 Å². The maximum atomic E-state index is 12.9. The number of anilines is 1. The van der Waals surface area contributed by atoms with E-state index in [9.17, 15) is 4.79 Å². The molecule has 4 fully saturated rings. The summed E-state index contributed by atoms with van der Waals surface area (Å²) in [5.74, 6) is 2.90. The van der Waals surface area contributed by atoms with Gasteiger partial charge in [0.25, 0.3) is 5.91 Å². The third-order valence-corrected chi connectivity index (χ3v) is 6.36. The van der Waals surface area contributed by atoms with E-state index in [1.807, 2.05) is 4.90 Å². The first kappa shape index (κ1) is 15.6. The van der Waals surface area contributed by atoms with Crippen molar-refractivity contribution < 1.29 is 9.53 Å². The lowest BCUT2D eigenvalue weighted by atomic mass is 9.95. The molecule has 1 aromatic heterocycles. The molecule has 3 saturated carbocycles. The molecule has 25 heavy (non-hydrogen) atoms. The highest BCUT2D eigenvalue weighted by Gasteiger charge is 2.40. The standard InChI is InChI=1S/C19H26N4O2/c24-18(23-5-7-25-8-6-23)15-11-20-19(22-17(15)13-3-4-13)21-16-10-12-1-2-14(16)9-12/h11-14,16H,1-10H2,(H,20,21,22)/t12-,14+,16-/m1/s1. The van der Waals surface area contributed by atoms with E-state index >= 15 is 0 Å². The molecule has 1 N–H and O–H groups in total. The van der Waals surface area contributed by atoms with Gasteiger partial charge in [-0.25, -0.2) is 9.97 Å². The minimum atomic E-state index is 0.0664. The Bertz CT molecular complexity index is 669. The molecule has 4 aliphatic rings. The SMILES string of the molecule is O=C(c1cnc(N[C@@H]2C[C@@H]3CC[C@H]2C3)nc1C1CC1)N1CCOCC1. The van der Waals surface area contributed by atoms with E-state index in [4.69, 9.17) is 9.72 Å². The fourth-order valence-corrected chi connectivity index (χ4v) is 4.82. The summed E-state index contributed by atoms with van der Waals surface area (Å²) >= 11 is 0. The molecule has 1 aliphatic heterocycles. The number of carbonyl (C=O) groups is 1. The number of nitrogens with one attached hydrogen (secondary N) is 1. The number of rotatable bonds is 4. The molecule has 2 heterocycles. The first-order valence-corrected chi connectivity index (χ1v) is 9.78. The lowest BCUT2D eigenvalue weighted by Crippen LogP contribution is -2.41. The topological polar surface area (TPSA) is 67.4 Å². The highest BCUT2D eigenvalue weighted by atomic mass is 16.5. The Morgan fingerprint density at radius 3 is 2.68 bits per heavy atom. The molecule has 5 rings (SSSR count). The van der Waals surface area contributed by atoms with Crippen LogP contribution in [0, 0.1) is 11.8 Å². The number of carbonyl (C=O) groups excluding carboxylic acids is 1. The van der Waals surface area contributed by atoms with Crippen molar-refractivity contribution in [3.8, 4) is 0 Å². The van der Waals surface area contributed by atoms with Gasteiger partial charge in [0.1, 0.15) is 0 Å². The first-order valence-electron chi connectivity index (χ1n) is 9.78. The van der Waals surface area contributed by atoms with E-state index in [2.05, 4.69) is 10.3 Å². The second-order valence-corrected chi connectivity index (χ2v) is 8.10. The van der Waals surface area contributed by atoms with Gasteiger partial charge in [-0.1, -0.05) is 6.42 Å². The Morgan fingerprint density at radius 1 is 1.16 bits per heavy atom. The Kier molecular flexibility index (Phi) is 3.88. The van der Waals surface area contributed by atoms with Crippen molar-refractivity contribution in [1.82, 2.24) is 14.9 Å². The van der Waals surface area contributed by atoms with Crippen LogP contribution in [0.1, 0.15) is 60.5 Å². The van der Waals surface area contributed by atoms with Gasteiger partial charge < -0.3 is 15.0 Å². The smallest absolute Gasteiger partial charge is 0.257 e. The summed E-state index contributed by atoms with van der Waals surface area (Å²) in [4.78, 5) is 24.1. The van der Waals surface area contributed by atoms with Crippen LogP contribution in [0.2, 0.25) is 0 Å². The van der Waals surface area contributed by atoms with Gasteiger partial charge in [0.2, 0.25) is 5.95 Å². The van der Waals surface area contributed by atoms with Crippen LogP contribution in [0.5, 0.6) is 0 Å². The summed E-state index contributed by atoms with van der Waals surface area (Å²) in [6.07, 6.45) is 9.37. The highest BCUT2D eigenvalue weighted by Crippen LogP contribution is 2.45. The largest absolute Gasteiger partial charge is 0.378 e. The predicted molar refractivity (Wildman–Crippen MR) is 93.6 cm³/mol. The monoisotopic (exact) mass is 342 g/mol. The van der Waals surface area contributed by atoms with Gasteiger partial charge in [-0.05, 0) is 43.9 Å². The van der Waals surface area contributed by atoms with Crippen molar-refractivity contribution in [1.29, 1.82) is 0 Å². The zero-order valence-electron chi connectivity index (χ0n) is 14.6. The normalized spacial score (nSPS) is 31.4. The van der Waals surface area contributed by atoms with Crippen molar-refractivity contribution in [2.75, 3.05) is 31.6 Å². The van der Waals surface area contributed by atoms with Crippen molar-refractivity contribution in [3.05, 3.63) is 17.5 Å². The van der Waals surface area contributed by atoms with Crippen molar-refractivity contribution in [2.45, 2.75) is 50.5 Å². The van der Waals surface area contributed by atoms with Crippen LogP contribution in [0.15, 0.2) is 6.20 Å². The van der Waals surface area contributed by atoms with E-state index in [1.165, 1.54) is 25.7 Å². The van der Waals surface area contributed by atoms with E-state index in [1.54, 1.807) is 6.20 Å². The number of hydrogen-bond donors (Lipinski definition) is 1. The number of aromatic nitrogens is 2. The lowest BCUT2D eigenvalue weighted by molar-refractivity contribution is 0.0301. The van der Waals surface area contributed by atoms with E-state index in [0.717, 1.165) is 36.3 Å². The predicted octanol–water partition coefficient (Wildman–Crippen LogP) is 2.43. The maximum Gasteiger partial charge on any atom is 0.257 e. The van der Waals surface area contributed by atoms with Crippen LogP contribution in [0.25, 0.3) is 0 Å². The number of amides is 1. The van der Waals surface area contributed by atoms with Gasteiger partial charge in [-0.15, -0.1) is 0 Å². The summed E-state index contributed by atoms with van der Waals surface area (Å²) in [5, 5.41) is 3.57. The van der Waals surface area contributed by atoms with Crippen molar-refractivity contribution in [3.63, 3.8) is 0 Å². The third-order valence-electron chi connectivity index (χ3n) is 6.36. The number of nitrogens with zero attached hydrogens (tertiary/aromatic N) is 3. The molecule has 0 unspecified atom stereocenters. The number of ether oxygens (including phenoxy) is 1. The quantitative estimate of drug-likeness (QED) is 0.910. The minimum absolute atomic E-state index is 0.0664. The van der Waals surface area contributed by atoms with Crippen LogP contribution >= 0.6 is 0 Å². The van der Waals surface area contributed by atoms with Gasteiger partial charge in [-0.2, -0.15) is 0 Å². The minimum Gasteiger partial charge on any atom is -0.378 e. The Labute approximate surface area is 148 Å². The zero-order valence-corrected chi connectivity index (χ0v) is 14.6. The second-order valence-electron chi connectivity index (χ2n) is 8.10. The molecule has 3 atom stereocenters. The summed E-state index contributed by atoms with van der Waals surface area (Å²) < 4.78 is 5.36. The third kappa shape index (κ3) is 3.01. The number of fused-ring (bicyclic) bond motifs is 2. The molecule has 134 valence electrons.